The number of nitrogens with one attached hydrogen (secondary N) is 1. The smallest absolute Gasteiger partial charge is 0.202 e. The number of methoxy groups -OCH3 is 1. The summed E-state index contributed by atoms with van der Waals surface area (Å²) in [6.45, 7) is 3.13. The maximum Gasteiger partial charge on any atom is 0.202 e. The predicted molar refractivity (Wildman–Crippen MR) is 144 cm³/mol. The second-order valence-corrected chi connectivity index (χ2v) is 10.9. The highest BCUT2D eigenvalue weighted by atomic mass is 16.7. The van der Waals surface area contributed by atoms with Gasteiger partial charge in [-0.1, -0.05) is 12.1 Å². The Hall–Kier alpha value is -3.86. The lowest BCUT2D eigenvalue weighted by Gasteiger charge is -2.43. The summed E-state index contributed by atoms with van der Waals surface area (Å²) in [7, 11) is 1.34. The molecule has 222 valence electrons. The second-order valence-electron chi connectivity index (χ2n) is 10.9. The summed E-state index contributed by atoms with van der Waals surface area (Å²) >= 11 is 0. The molecule has 12 heteroatoms. The maximum absolute atomic E-state index is 13.7. The number of phenols is 2. The molecule has 1 aliphatic heterocycles. The summed E-state index contributed by atoms with van der Waals surface area (Å²) in [5.74, 6) is -3.23. The first-order chi connectivity index (χ1) is 19.9. The minimum absolute atomic E-state index is 0.0231. The zero-order valence-corrected chi connectivity index (χ0v) is 23.3. The van der Waals surface area contributed by atoms with Gasteiger partial charge in [-0.25, -0.2) is 0 Å². The molecule has 0 amide bonds. The van der Waals surface area contributed by atoms with Crippen LogP contribution in [0.2, 0.25) is 0 Å². The fourth-order valence-corrected chi connectivity index (χ4v) is 6.14. The van der Waals surface area contributed by atoms with Crippen LogP contribution in [0.3, 0.4) is 0 Å². The molecule has 1 saturated heterocycles. The molecule has 2 aliphatic carbocycles. The van der Waals surface area contributed by atoms with E-state index in [1.54, 1.807) is 6.92 Å². The van der Waals surface area contributed by atoms with Gasteiger partial charge in [0.1, 0.15) is 22.8 Å². The van der Waals surface area contributed by atoms with Gasteiger partial charge in [0.15, 0.2) is 17.9 Å². The number of benzene rings is 2. The predicted octanol–water partition coefficient (Wildman–Crippen LogP) is 1.57. The van der Waals surface area contributed by atoms with Gasteiger partial charge in [-0.2, -0.15) is 5.26 Å². The van der Waals surface area contributed by atoms with E-state index in [4.69, 9.17) is 19.5 Å². The first-order valence-corrected chi connectivity index (χ1v) is 13.6. The Morgan fingerprint density at radius 2 is 1.90 bits per heavy atom. The molecule has 42 heavy (non-hydrogen) atoms. The van der Waals surface area contributed by atoms with Crippen molar-refractivity contribution < 1.29 is 49.0 Å². The van der Waals surface area contributed by atoms with Crippen LogP contribution in [-0.2, 0) is 20.7 Å². The van der Waals surface area contributed by atoms with Gasteiger partial charge in [0.25, 0.3) is 0 Å². The first-order valence-electron chi connectivity index (χ1n) is 13.6. The number of aliphatic hydroxyl groups excluding tert-OH is 1. The number of phenolic OH excluding ortho intramolecular Hbond substituents is 2. The second kappa shape index (κ2) is 11.1. The van der Waals surface area contributed by atoms with Crippen LogP contribution < -0.4 is 10.1 Å². The average Bonchev–Trinajstić information content (AvgIpc) is 2.95. The number of hydrogen-bond donors (Lipinski definition) is 5. The molecule has 6 atom stereocenters. The van der Waals surface area contributed by atoms with Crippen molar-refractivity contribution in [1.82, 2.24) is 5.32 Å². The van der Waals surface area contributed by atoms with Crippen LogP contribution in [0, 0.1) is 11.3 Å². The van der Waals surface area contributed by atoms with E-state index in [-0.39, 0.29) is 47.3 Å². The lowest BCUT2D eigenvalue weighted by molar-refractivity contribution is -0.249. The summed E-state index contributed by atoms with van der Waals surface area (Å²) in [6, 6.07) is 5.93. The number of nitrogens with zero attached hydrogens (tertiary/aromatic N) is 1. The minimum atomic E-state index is -2.02. The van der Waals surface area contributed by atoms with Gasteiger partial charge in [-0.3, -0.25) is 14.4 Å². The lowest BCUT2D eigenvalue weighted by atomic mass is 9.72. The number of nitriles is 1. The van der Waals surface area contributed by atoms with E-state index < -0.39 is 82.6 Å². The number of carbonyl (C=O) groups is 3. The summed E-state index contributed by atoms with van der Waals surface area (Å²) in [5, 5.41) is 56.9. The van der Waals surface area contributed by atoms with E-state index >= 15 is 0 Å². The van der Waals surface area contributed by atoms with Crippen molar-refractivity contribution in [2.75, 3.05) is 13.7 Å². The number of ether oxygens (including phenoxy) is 3. The molecule has 12 nitrogen and oxygen atoms in total. The summed E-state index contributed by atoms with van der Waals surface area (Å²) < 4.78 is 17.4. The minimum Gasteiger partial charge on any atom is -0.507 e. The Labute approximate surface area is 241 Å². The number of Topliss-reactive ketones (excluding diaryl/α,β-unsaturated/α-hetero) is 1. The molecular formula is C30H32N2O10. The van der Waals surface area contributed by atoms with Crippen molar-refractivity contribution in [2.45, 2.75) is 75.8 Å². The van der Waals surface area contributed by atoms with Crippen molar-refractivity contribution >= 4 is 17.3 Å². The number of rotatable bonds is 7. The molecule has 0 saturated carbocycles. The third-order valence-electron chi connectivity index (χ3n) is 8.40. The lowest BCUT2D eigenvalue weighted by Crippen LogP contribution is -2.54. The zero-order valence-electron chi connectivity index (χ0n) is 23.3. The summed E-state index contributed by atoms with van der Waals surface area (Å²) in [5.41, 5.74) is -3.12. The molecule has 0 bridgehead atoms. The van der Waals surface area contributed by atoms with Crippen LogP contribution >= 0.6 is 0 Å². The SMILES string of the molecule is COc1cccc2c1C(=O)c1c(O)c3c(c(O)c1C2=O)C[C@@](O)(C(C)=O)C[C@@H]3O[C@H]1C[C@H](NCCC#N)[C@H](O)[C@H](C)O1. The van der Waals surface area contributed by atoms with Gasteiger partial charge in [0.05, 0.1) is 48.2 Å². The van der Waals surface area contributed by atoms with E-state index in [0.29, 0.717) is 6.54 Å². The van der Waals surface area contributed by atoms with E-state index in [0.717, 1.165) is 0 Å². The quantitative estimate of drug-likeness (QED) is 0.200. The number of carbonyl (C=O) groups excluding carboxylic acids is 3. The topological polar surface area (TPSA) is 196 Å². The molecule has 0 aromatic heterocycles. The molecule has 5 rings (SSSR count). The van der Waals surface area contributed by atoms with E-state index in [9.17, 15) is 34.8 Å². The molecule has 5 N–H and O–H groups in total. The highest BCUT2D eigenvalue weighted by Crippen LogP contribution is 2.52. The number of fused-ring (bicyclic) bond motifs is 3. The molecule has 1 fully saturated rings. The summed E-state index contributed by atoms with van der Waals surface area (Å²) in [6.07, 6.45) is -4.33. The van der Waals surface area contributed by atoms with E-state index in [2.05, 4.69) is 5.32 Å². The number of aliphatic hydroxyl groups is 2. The van der Waals surface area contributed by atoms with Crippen molar-refractivity contribution in [3.05, 3.63) is 51.6 Å². The molecule has 2 aromatic carbocycles. The largest absolute Gasteiger partial charge is 0.507 e. The molecule has 0 spiro atoms. The van der Waals surface area contributed by atoms with Crippen LogP contribution in [0.25, 0.3) is 0 Å². The molecular weight excluding hydrogens is 548 g/mol. The van der Waals surface area contributed by atoms with Crippen LogP contribution in [-0.4, -0.2) is 81.6 Å². The van der Waals surface area contributed by atoms with Crippen LogP contribution in [0.5, 0.6) is 17.2 Å². The monoisotopic (exact) mass is 580 g/mol. The summed E-state index contributed by atoms with van der Waals surface area (Å²) in [4.78, 5) is 39.9. The molecule has 0 radical (unpaired) electrons. The van der Waals surface area contributed by atoms with Crippen molar-refractivity contribution in [3.8, 4) is 23.3 Å². The first kappa shape index (κ1) is 29.6. The van der Waals surface area contributed by atoms with E-state index in [1.165, 1.54) is 32.2 Å². The van der Waals surface area contributed by atoms with Crippen molar-refractivity contribution in [3.63, 3.8) is 0 Å². The fourth-order valence-electron chi connectivity index (χ4n) is 6.14. The van der Waals surface area contributed by atoms with Gasteiger partial charge < -0.3 is 40.0 Å². The standard InChI is InChI=1S/C30H32N2O10/c1-13-25(34)17(32-9-5-8-31)10-20(41-13)42-19-12-30(39,14(2)33)11-16-22(19)29(38)24-23(27(16)36)26(35)15-6-4-7-18(40-3)21(15)28(24)37/h4,6-7,13,17,19-20,25,32,34,36,38-39H,5,9-12H2,1-3H3/t13-,17-,19-,20-,25+,30-/m0/s1. The molecule has 1 heterocycles. The van der Waals surface area contributed by atoms with Crippen LogP contribution in [0.4, 0.5) is 0 Å². The zero-order chi connectivity index (χ0) is 30.5. The number of ketones is 3. The fraction of sp³-hybridized carbons (Fsp3) is 0.467. The Morgan fingerprint density at radius 3 is 2.57 bits per heavy atom. The third-order valence-corrected chi connectivity index (χ3v) is 8.40. The van der Waals surface area contributed by atoms with Gasteiger partial charge >= 0.3 is 0 Å². The maximum atomic E-state index is 13.7. The number of hydrogen-bond acceptors (Lipinski definition) is 12. The van der Waals surface area contributed by atoms with Crippen molar-refractivity contribution in [2.24, 2.45) is 0 Å². The van der Waals surface area contributed by atoms with Gasteiger partial charge in [0, 0.05) is 55.0 Å². The van der Waals surface area contributed by atoms with E-state index in [1.807, 2.05) is 6.07 Å². The third kappa shape index (κ3) is 4.73. The molecule has 3 aliphatic rings. The Balaban J connectivity index is 1.61. The Bertz CT molecular complexity index is 1510. The van der Waals surface area contributed by atoms with Crippen molar-refractivity contribution in [1.29, 1.82) is 5.26 Å². The highest BCUT2D eigenvalue weighted by molar-refractivity contribution is 6.31. The van der Waals surface area contributed by atoms with Gasteiger partial charge in [-0.15, -0.1) is 0 Å². The average molecular weight is 581 g/mol. The normalized spacial score (nSPS) is 28.3. The van der Waals surface area contributed by atoms with Crippen LogP contribution in [0.1, 0.15) is 82.2 Å². The van der Waals surface area contributed by atoms with Crippen LogP contribution in [0.15, 0.2) is 18.2 Å². The Morgan fingerprint density at radius 1 is 1.19 bits per heavy atom. The van der Waals surface area contributed by atoms with Gasteiger partial charge in [-0.05, 0) is 19.9 Å². The highest BCUT2D eigenvalue weighted by Gasteiger charge is 2.49. The molecule has 2 aromatic rings. The number of aromatic hydroxyl groups is 2. The molecule has 0 unspecified atom stereocenters. The van der Waals surface area contributed by atoms with Gasteiger partial charge in [0.2, 0.25) is 5.78 Å². The Kier molecular flexibility index (Phi) is 7.82.